The van der Waals surface area contributed by atoms with Crippen molar-refractivity contribution in [2.75, 3.05) is 5.73 Å². The molecule has 3 nitrogen and oxygen atoms in total. The smallest absolute Gasteiger partial charge is 0.137 e. The van der Waals surface area contributed by atoms with E-state index in [1.807, 2.05) is 24.3 Å². The van der Waals surface area contributed by atoms with Crippen LogP contribution < -0.4 is 5.73 Å². The lowest BCUT2D eigenvalue weighted by Gasteiger charge is -2.09. The third-order valence-electron chi connectivity index (χ3n) is 5.32. The number of anilines is 1. The number of para-hydroxylation sites is 2. The number of nitrogens with zero attached hydrogens (tertiary/aromatic N) is 1. The lowest BCUT2D eigenvalue weighted by Crippen LogP contribution is -1.94. The first-order valence-electron chi connectivity index (χ1n) is 9.00. The average Bonchev–Trinajstić information content (AvgIpc) is 3.23. The number of furan rings is 1. The summed E-state index contributed by atoms with van der Waals surface area (Å²) in [5.41, 5.74) is 12.1. The van der Waals surface area contributed by atoms with Crippen molar-refractivity contribution in [3.05, 3.63) is 84.9 Å². The second-order valence-electron chi connectivity index (χ2n) is 6.88. The van der Waals surface area contributed by atoms with Crippen molar-refractivity contribution in [3.8, 4) is 5.69 Å². The van der Waals surface area contributed by atoms with Crippen LogP contribution in [0, 0.1) is 0 Å². The lowest BCUT2D eigenvalue weighted by atomic mass is 10.1. The number of nitrogen functional groups attached to an aromatic ring is 1. The monoisotopic (exact) mass is 348 g/mol. The van der Waals surface area contributed by atoms with Gasteiger partial charge in [0.2, 0.25) is 0 Å². The second kappa shape index (κ2) is 5.15. The quantitative estimate of drug-likeness (QED) is 0.356. The van der Waals surface area contributed by atoms with Crippen molar-refractivity contribution in [2.45, 2.75) is 0 Å². The normalized spacial score (nSPS) is 11.9. The molecule has 0 spiro atoms. The maximum absolute atomic E-state index is 6.10. The van der Waals surface area contributed by atoms with E-state index in [1.54, 1.807) is 0 Å². The Balaban J connectivity index is 1.86. The van der Waals surface area contributed by atoms with Crippen molar-refractivity contribution in [3.63, 3.8) is 0 Å². The van der Waals surface area contributed by atoms with E-state index < -0.39 is 0 Å². The number of rotatable bonds is 1. The highest BCUT2D eigenvalue weighted by molar-refractivity contribution is 6.14. The van der Waals surface area contributed by atoms with Gasteiger partial charge in [-0.05, 0) is 42.5 Å². The van der Waals surface area contributed by atoms with Crippen molar-refractivity contribution in [1.82, 2.24) is 4.57 Å². The highest BCUT2D eigenvalue weighted by Gasteiger charge is 2.17. The fraction of sp³-hybridized carbons (Fsp3) is 0. The summed E-state index contributed by atoms with van der Waals surface area (Å²) in [6.45, 7) is 0. The van der Waals surface area contributed by atoms with Gasteiger partial charge >= 0.3 is 0 Å². The van der Waals surface area contributed by atoms with Gasteiger partial charge in [-0.3, -0.25) is 0 Å². The van der Waals surface area contributed by atoms with Crippen LogP contribution in [0.4, 0.5) is 5.69 Å². The van der Waals surface area contributed by atoms with Gasteiger partial charge in [-0.2, -0.15) is 0 Å². The summed E-state index contributed by atoms with van der Waals surface area (Å²) in [4.78, 5) is 0. The van der Waals surface area contributed by atoms with Crippen LogP contribution in [-0.2, 0) is 0 Å². The molecule has 0 bridgehead atoms. The Labute approximate surface area is 155 Å². The van der Waals surface area contributed by atoms with Crippen LogP contribution in [0.3, 0.4) is 0 Å². The molecule has 0 unspecified atom stereocenters. The summed E-state index contributed by atoms with van der Waals surface area (Å²) in [6, 6.07) is 29.0. The molecule has 2 N–H and O–H groups in total. The predicted molar refractivity (Wildman–Crippen MR) is 112 cm³/mol. The zero-order chi connectivity index (χ0) is 18.0. The van der Waals surface area contributed by atoms with Crippen LogP contribution in [0.1, 0.15) is 0 Å². The molecule has 3 heteroatoms. The Morgan fingerprint density at radius 3 is 2.30 bits per heavy atom. The van der Waals surface area contributed by atoms with Gasteiger partial charge in [0.1, 0.15) is 11.2 Å². The first-order valence-corrected chi connectivity index (χ1v) is 9.00. The number of hydrogen-bond donors (Lipinski definition) is 1. The van der Waals surface area contributed by atoms with Gasteiger partial charge in [0, 0.05) is 21.8 Å². The molecule has 0 atom stereocenters. The van der Waals surface area contributed by atoms with E-state index in [-0.39, 0.29) is 0 Å². The predicted octanol–water partition coefficient (Wildman–Crippen LogP) is 6.27. The number of benzene rings is 4. The average molecular weight is 348 g/mol. The molecule has 2 aromatic heterocycles. The van der Waals surface area contributed by atoms with Crippen molar-refractivity contribution in [1.29, 1.82) is 0 Å². The van der Waals surface area contributed by atoms with Crippen LogP contribution >= 0.6 is 0 Å². The van der Waals surface area contributed by atoms with Gasteiger partial charge in [0.15, 0.2) is 0 Å². The summed E-state index contributed by atoms with van der Waals surface area (Å²) in [5, 5.41) is 4.62. The minimum absolute atomic E-state index is 0.775. The van der Waals surface area contributed by atoms with Gasteiger partial charge in [-0.25, -0.2) is 0 Å². The maximum Gasteiger partial charge on any atom is 0.137 e. The van der Waals surface area contributed by atoms with E-state index in [0.29, 0.717) is 0 Å². The zero-order valence-corrected chi connectivity index (χ0v) is 14.5. The first kappa shape index (κ1) is 14.4. The van der Waals surface area contributed by atoms with E-state index >= 15 is 0 Å². The highest BCUT2D eigenvalue weighted by Crippen LogP contribution is 2.38. The lowest BCUT2D eigenvalue weighted by molar-refractivity contribution is 0.669. The second-order valence-corrected chi connectivity index (χ2v) is 6.88. The van der Waals surface area contributed by atoms with Crippen molar-refractivity contribution < 1.29 is 4.42 Å². The molecule has 0 aliphatic carbocycles. The summed E-state index contributed by atoms with van der Waals surface area (Å²) < 4.78 is 8.41. The largest absolute Gasteiger partial charge is 0.456 e. The van der Waals surface area contributed by atoms with Gasteiger partial charge in [-0.15, -0.1) is 0 Å². The molecule has 6 aromatic rings. The Morgan fingerprint density at radius 1 is 0.630 bits per heavy atom. The Hall–Kier alpha value is -3.72. The summed E-state index contributed by atoms with van der Waals surface area (Å²) in [7, 11) is 0. The Morgan fingerprint density at radius 2 is 1.37 bits per heavy atom. The van der Waals surface area contributed by atoms with Crippen LogP contribution in [0.2, 0.25) is 0 Å². The molecule has 128 valence electrons. The van der Waals surface area contributed by atoms with E-state index in [9.17, 15) is 0 Å². The van der Waals surface area contributed by atoms with E-state index in [2.05, 4.69) is 65.2 Å². The van der Waals surface area contributed by atoms with Gasteiger partial charge < -0.3 is 14.7 Å². The molecule has 6 rings (SSSR count). The fourth-order valence-corrected chi connectivity index (χ4v) is 4.19. The van der Waals surface area contributed by atoms with E-state index in [0.717, 1.165) is 49.7 Å². The van der Waals surface area contributed by atoms with Gasteiger partial charge in [-0.1, -0.05) is 42.5 Å². The third-order valence-corrected chi connectivity index (χ3v) is 5.32. The Kier molecular flexibility index (Phi) is 2.75. The number of nitrogens with two attached hydrogens (primary N) is 1. The number of fused-ring (bicyclic) bond motifs is 6. The highest BCUT2D eigenvalue weighted by atomic mass is 16.3. The topological polar surface area (TPSA) is 44.1 Å². The van der Waals surface area contributed by atoms with Crippen LogP contribution in [0.15, 0.2) is 89.3 Å². The molecular formula is C24H16N2O. The molecule has 2 heterocycles. The van der Waals surface area contributed by atoms with Crippen molar-refractivity contribution >= 4 is 49.4 Å². The molecule has 0 radical (unpaired) electrons. The number of aromatic nitrogens is 1. The summed E-state index contributed by atoms with van der Waals surface area (Å²) >= 11 is 0. The first-order chi connectivity index (χ1) is 13.3. The Bertz CT molecular complexity index is 1490. The fourth-order valence-electron chi connectivity index (χ4n) is 4.19. The minimum Gasteiger partial charge on any atom is -0.456 e. The standard InChI is InChI=1S/C24H16N2O/c25-15-12-13-20-18(14-15)16-6-1-3-8-19(16)26(20)21-9-5-11-23-24(21)17-7-2-4-10-22(17)27-23/h1-14H,25H2. The SMILES string of the molecule is Nc1ccc2c(c1)c1ccccc1n2-c1cccc2oc3ccccc3c12. The molecule has 0 aliphatic heterocycles. The molecule has 0 aliphatic rings. The van der Waals surface area contributed by atoms with Crippen LogP contribution in [-0.4, -0.2) is 4.57 Å². The third kappa shape index (κ3) is 1.91. The van der Waals surface area contributed by atoms with Crippen LogP contribution in [0.25, 0.3) is 49.4 Å². The summed E-state index contributed by atoms with van der Waals surface area (Å²) in [6.07, 6.45) is 0. The molecule has 0 fully saturated rings. The molecule has 27 heavy (non-hydrogen) atoms. The summed E-state index contributed by atoms with van der Waals surface area (Å²) in [5.74, 6) is 0. The minimum atomic E-state index is 0.775. The molecule has 0 saturated carbocycles. The van der Waals surface area contributed by atoms with E-state index in [4.69, 9.17) is 10.2 Å². The van der Waals surface area contributed by atoms with Gasteiger partial charge in [0.25, 0.3) is 0 Å². The van der Waals surface area contributed by atoms with Crippen LogP contribution in [0.5, 0.6) is 0 Å². The molecule has 4 aromatic carbocycles. The van der Waals surface area contributed by atoms with Crippen molar-refractivity contribution in [2.24, 2.45) is 0 Å². The molecular weight excluding hydrogens is 332 g/mol. The number of hydrogen-bond acceptors (Lipinski definition) is 2. The van der Waals surface area contributed by atoms with E-state index in [1.165, 1.54) is 5.39 Å². The molecule has 0 amide bonds. The molecule has 0 saturated heterocycles. The zero-order valence-electron chi connectivity index (χ0n) is 14.5. The maximum atomic E-state index is 6.10. The van der Waals surface area contributed by atoms with Gasteiger partial charge in [0.05, 0.1) is 22.1 Å².